The zero-order chi connectivity index (χ0) is 25.8. The number of hydrogen-bond donors (Lipinski definition) is 2. The fourth-order valence-corrected chi connectivity index (χ4v) is 3.89. The van der Waals surface area contributed by atoms with Gasteiger partial charge in [-0.1, -0.05) is 29.8 Å². The van der Waals surface area contributed by atoms with Crippen LogP contribution in [0.5, 0.6) is 5.75 Å². The summed E-state index contributed by atoms with van der Waals surface area (Å²) >= 11 is 5.42. The van der Waals surface area contributed by atoms with Crippen LogP contribution < -0.4 is 15.8 Å². The number of carbonyl (C=O) groups excluding carboxylic acids is 1. The number of halogens is 5. The molecule has 3 aromatic rings. The van der Waals surface area contributed by atoms with Gasteiger partial charge in [0, 0.05) is 18.3 Å². The number of nitrogen functional groups attached to an aromatic ring is 1. The highest BCUT2D eigenvalue weighted by Crippen LogP contribution is 2.40. The van der Waals surface area contributed by atoms with E-state index in [-0.39, 0.29) is 16.7 Å². The van der Waals surface area contributed by atoms with Gasteiger partial charge in [-0.2, -0.15) is 5.10 Å². The maximum absolute atomic E-state index is 12.5. The number of ether oxygens (including phenoxy) is 1. The first-order valence-electron chi connectivity index (χ1n) is 10.5. The second-order valence-corrected chi connectivity index (χ2v) is 8.26. The van der Waals surface area contributed by atoms with Crippen molar-refractivity contribution in [1.82, 2.24) is 9.78 Å². The molecule has 1 aromatic heterocycles. The maximum atomic E-state index is 12.5. The minimum Gasteiger partial charge on any atom is -0.406 e. The predicted octanol–water partition coefficient (Wildman–Crippen LogP) is 6.22. The average Bonchev–Trinajstić information content (AvgIpc) is 3.37. The molecule has 0 radical (unpaired) electrons. The molecule has 1 aliphatic carbocycles. The number of aryl methyl sites for hydroxylation is 1. The van der Waals surface area contributed by atoms with Gasteiger partial charge in [0.05, 0.1) is 10.7 Å². The molecule has 0 fully saturated rings. The summed E-state index contributed by atoms with van der Waals surface area (Å²) in [6, 6.07) is 10.0. The number of nitrogens with two attached hydrogens (primary N) is 1. The van der Waals surface area contributed by atoms with Crippen LogP contribution in [0.3, 0.4) is 0 Å². The molecule has 0 saturated heterocycles. The third kappa shape index (κ3) is 6.75. The lowest BCUT2D eigenvalue weighted by Gasteiger charge is -2.13. The van der Waals surface area contributed by atoms with Gasteiger partial charge in [0.2, 0.25) is 6.41 Å². The Morgan fingerprint density at radius 2 is 1.91 bits per heavy atom. The summed E-state index contributed by atoms with van der Waals surface area (Å²) in [7, 11) is 1.80. The molecule has 1 heterocycles. The van der Waals surface area contributed by atoms with Crippen LogP contribution in [0, 0.1) is 12.7 Å². The Morgan fingerprint density at radius 3 is 2.46 bits per heavy atom. The number of amides is 1. The van der Waals surface area contributed by atoms with Crippen molar-refractivity contribution in [3.8, 4) is 5.75 Å². The van der Waals surface area contributed by atoms with Crippen molar-refractivity contribution in [2.45, 2.75) is 32.0 Å². The zero-order valence-corrected chi connectivity index (χ0v) is 19.6. The Hall–Kier alpha value is -3.53. The fraction of sp³-hybridized carbons (Fsp3) is 0.250. The van der Waals surface area contributed by atoms with Crippen molar-refractivity contribution in [1.29, 1.82) is 0 Å². The molecule has 0 spiro atoms. The normalized spacial score (nSPS) is 15.2. The van der Waals surface area contributed by atoms with Crippen LogP contribution in [0.2, 0.25) is 5.02 Å². The number of nitrogens with one attached hydrogen (secondary N) is 1. The molecule has 0 bridgehead atoms. The van der Waals surface area contributed by atoms with E-state index in [9.17, 15) is 22.4 Å². The Labute approximate surface area is 204 Å². The van der Waals surface area contributed by atoms with E-state index >= 15 is 0 Å². The van der Waals surface area contributed by atoms with Gasteiger partial charge >= 0.3 is 6.36 Å². The number of alkyl halides is 3. The average molecular weight is 511 g/mol. The minimum absolute atomic E-state index is 0.00292. The van der Waals surface area contributed by atoms with E-state index in [2.05, 4.69) is 21.2 Å². The first-order valence-corrected chi connectivity index (χ1v) is 10.9. The molecule has 2 aromatic carbocycles. The number of carbonyl (C=O) groups is 1. The van der Waals surface area contributed by atoms with E-state index in [4.69, 9.17) is 17.3 Å². The molecule has 11 heteroatoms. The lowest BCUT2D eigenvalue weighted by atomic mass is 9.94. The standard InChI is InChI=1S/C17H18F3N3O.C7H5ClFNO/c1-10-15(22-23(2)16(10)21)13-4-3-12(9-13)11-5-7-14(8-6-11)24-17(18,19)20;8-6-3-5(10-4-11)1-2-7(6)9/h4-8,12H,3,9,21H2,1-2H3;1-4H,(H,10,11). The monoisotopic (exact) mass is 510 g/mol. The minimum atomic E-state index is -4.67. The van der Waals surface area contributed by atoms with Gasteiger partial charge in [-0.05, 0) is 67.2 Å². The number of anilines is 2. The lowest BCUT2D eigenvalue weighted by molar-refractivity contribution is -0.274. The summed E-state index contributed by atoms with van der Waals surface area (Å²) in [5.41, 5.74) is 10.4. The molecule has 0 saturated carbocycles. The highest BCUT2D eigenvalue weighted by molar-refractivity contribution is 6.31. The molecular formula is C24H23ClF4N4O2. The lowest BCUT2D eigenvalue weighted by Crippen LogP contribution is -2.17. The molecule has 1 aliphatic rings. The van der Waals surface area contributed by atoms with Crippen molar-refractivity contribution in [2.75, 3.05) is 11.1 Å². The zero-order valence-electron chi connectivity index (χ0n) is 18.9. The van der Waals surface area contributed by atoms with E-state index in [0.717, 1.165) is 35.2 Å². The molecule has 6 nitrogen and oxygen atoms in total. The second kappa shape index (κ2) is 10.8. The highest BCUT2D eigenvalue weighted by Gasteiger charge is 2.31. The number of rotatable bonds is 5. The van der Waals surface area contributed by atoms with E-state index in [1.807, 2.05) is 6.92 Å². The smallest absolute Gasteiger partial charge is 0.406 e. The highest BCUT2D eigenvalue weighted by atomic mass is 35.5. The molecular weight excluding hydrogens is 488 g/mol. The van der Waals surface area contributed by atoms with Crippen molar-refractivity contribution < 1.29 is 27.1 Å². The third-order valence-electron chi connectivity index (χ3n) is 5.49. The fourth-order valence-electron chi connectivity index (χ4n) is 3.71. The van der Waals surface area contributed by atoms with Crippen molar-refractivity contribution in [3.63, 3.8) is 0 Å². The number of allylic oxidation sites excluding steroid dienone is 2. The molecule has 1 atom stereocenters. The largest absolute Gasteiger partial charge is 0.573 e. The molecule has 1 amide bonds. The van der Waals surface area contributed by atoms with Gasteiger partial charge in [0.1, 0.15) is 17.4 Å². The van der Waals surface area contributed by atoms with E-state index in [1.165, 1.54) is 30.3 Å². The molecule has 1 unspecified atom stereocenters. The van der Waals surface area contributed by atoms with Gasteiger partial charge in [-0.25, -0.2) is 4.39 Å². The number of benzene rings is 2. The van der Waals surface area contributed by atoms with Gasteiger partial charge < -0.3 is 15.8 Å². The van der Waals surface area contributed by atoms with Gasteiger partial charge in [0.25, 0.3) is 0 Å². The summed E-state index contributed by atoms with van der Waals surface area (Å²) < 4.78 is 54.7. The molecule has 4 rings (SSSR count). The Morgan fingerprint density at radius 1 is 1.23 bits per heavy atom. The summed E-state index contributed by atoms with van der Waals surface area (Å²) in [5.74, 6) is 0.166. The van der Waals surface area contributed by atoms with Crippen molar-refractivity contribution >= 4 is 35.1 Å². The van der Waals surface area contributed by atoms with Crippen LogP contribution in [0.15, 0.2) is 48.5 Å². The summed E-state index contributed by atoms with van der Waals surface area (Å²) in [5, 5.41) is 6.79. The second-order valence-electron chi connectivity index (χ2n) is 7.86. The van der Waals surface area contributed by atoms with Gasteiger partial charge in [-0.3, -0.25) is 9.48 Å². The van der Waals surface area contributed by atoms with Crippen LogP contribution in [0.4, 0.5) is 29.1 Å². The number of nitrogens with zero attached hydrogens (tertiary/aromatic N) is 2. The summed E-state index contributed by atoms with van der Waals surface area (Å²) in [6.45, 7) is 1.94. The number of aromatic nitrogens is 2. The third-order valence-corrected chi connectivity index (χ3v) is 5.78. The first kappa shape index (κ1) is 26.1. The van der Waals surface area contributed by atoms with Crippen molar-refractivity contribution in [3.05, 3.63) is 76.2 Å². The topological polar surface area (TPSA) is 82.2 Å². The van der Waals surface area contributed by atoms with E-state index < -0.39 is 12.2 Å². The predicted molar refractivity (Wildman–Crippen MR) is 127 cm³/mol. The molecule has 35 heavy (non-hydrogen) atoms. The van der Waals surface area contributed by atoms with Crippen molar-refractivity contribution in [2.24, 2.45) is 7.05 Å². The quantitative estimate of drug-likeness (QED) is 0.315. The molecule has 186 valence electrons. The SMILES string of the molecule is Cc1c(C2=CCC(c3ccc(OC(F)(F)F)cc3)C2)nn(C)c1N.O=CNc1ccc(F)c(Cl)c1. The van der Waals surface area contributed by atoms with Gasteiger partial charge in [-0.15, -0.1) is 13.2 Å². The number of hydrogen-bond acceptors (Lipinski definition) is 4. The van der Waals surface area contributed by atoms with Crippen LogP contribution in [-0.4, -0.2) is 22.6 Å². The molecule has 3 N–H and O–H groups in total. The van der Waals surface area contributed by atoms with Crippen LogP contribution in [0.25, 0.3) is 5.57 Å². The van der Waals surface area contributed by atoms with E-state index in [0.29, 0.717) is 17.9 Å². The van der Waals surface area contributed by atoms with Crippen LogP contribution in [-0.2, 0) is 11.8 Å². The maximum Gasteiger partial charge on any atom is 0.573 e. The summed E-state index contributed by atoms with van der Waals surface area (Å²) in [4.78, 5) is 9.92. The molecule has 0 aliphatic heterocycles. The van der Waals surface area contributed by atoms with E-state index in [1.54, 1.807) is 23.9 Å². The first-order chi connectivity index (χ1) is 16.5. The summed E-state index contributed by atoms with van der Waals surface area (Å²) in [6.07, 6.45) is -0.426. The van der Waals surface area contributed by atoms with Crippen LogP contribution >= 0.6 is 11.6 Å². The Balaban J connectivity index is 0.000000261. The Bertz CT molecular complexity index is 1220. The Kier molecular flexibility index (Phi) is 8.06. The van der Waals surface area contributed by atoms with Crippen LogP contribution in [0.1, 0.15) is 35.6 Å². The van der Waals surface area contributed by atoms with Gasteiger partial charge in [0.15, 0.2) is 0 Å².